The van der Waals surface area contributed by atoms with Crippen LogP contribution >= 0.6 is 0 Å². The highest BCUT2D eigenvalue weighted by Gasteiger charge is 2.32. The Hall–Kier alpha value is -6.49. The lowest BCUT2D eigenvalue weighted by Crippen LogP contribution is -2.17. The Bertz CT molecular complexity index is 2690. The summed E-state index contributed by atoms with van der Waals surface area (Å²) in [7, 11) is 0. The quantitative estimate of drug-likeness (QED) is 0.153. The van der Waals surface area contributed by atoms with Gasteiger partial charge in [0.15, 0.2) is 0 Å². The fraction of sp³-hybridized carbons (Fsp3) is 0.161. The van der Waals surface area contributed by atoms with Crippen LogP contribution < -0.4 is 0 Å². The summed E-state index contributed by atoms with van der Waals surface area (Å²) in [6, 6.07) is 62.5. The van der Waals surface area contributed by atoms with Crippen LogP contribution in [0.3, 0.4) is 0 Å². The van der Waals surface area contributed by atoms with E-state index in [-0.39, 0.29) is 11.8 Å². The summed E-state index contributed by atoms with van der Waals surface area (Å²) >= 11 is 0. The lowest BCUT2D eigenvalue weighted by atomic mass is 9.69. The van der Waals surface area contributed by atoms with Gasteiger partial charge in [0.2, 0.25) is 0 Å². The van der Waals surface area contributed by atoms with Crippen LogP contribution in [0.2, 0.25) is 0 Å². The smallest absolute Gasteiger partial charge is 0.0991 e. The molecule has 0 amide bonds. The molecular weight excluding hydrogens is 687 g/mol. The van der Waals surface area contributed by atoms with Gasteiger partial charge in [0.25, 0.3) is 0 Å². The lowest BCUT2D eigenvalue weighted by Gasteiger charge is -2.34. The molecule has 0 bridgehead atoms. The first-order chi connectivity index (χ1) is 28.0. The van der Waals surface area contributed by atoms with Gasteiger partial charge < -0.3 is 0 Å². The van der Waals surface area contributed by atoms with Crippen LogP contribution in [0.25, 0.3) is 50.1 Å². The summed E-state index contributed by atoms with van der Waals surface area (Å²) in [6.07, 6.45) is 7.75. The summed E-state index contributed by atoms with van der Waals surface area (Å²) in [5, 5.41) is 9.64. The molecule has 276 valence electrons. The number of hydrogen-bond donors (Lipinski definition) is 0. The predicted octanol–water partition coefficient (Wildman–Crippen LogP) is 15.1. The fourth-order valence-electron chi connectivity index (χ4n) is 9.57. The molecule has 0 saturated carbocycles. The molecule has 0 N–H and O–H groups in total. The van der Waals surface area contributed by atoms with Gasteiger partial charge in [-0.25, -0.2) is 0 Å². The van der Waals surface area contributed by atoms with Crippen LogP contribution in [0.15, 0.2) is 182 Å². The number of fused-ring (bicyclic) bond motifs is 3. The molecule has 0 aliphatic heterocycles. The number of aryl methyl sites for hydroxylation is 1. The Kier molecular flexibility index (Phi) is 9.88. The highest BCUT2D eigenvalue weighted by molar-refractivity contribution is 5.85. The minimum Gasteiger partial charge on any atom is -0.192 e. The summed E-state index contributed by atoms with van der Waals surface area (Å²) in [4.78, 5) is 0. The van der Waals surface area contributed by atoms with Crippen LogP contribution in [0.4, 0.5) is 0 Å². The average molecular weight is 734 g/mol. The van der Waals surface area contributed by atoms with E-state index in [1.54, 1.807) is 0 Å². The van der Waals surface area contributed by atoms with Crippen molar-refractivity contribution in [1.82, 2.24) is 0 Å². The van der Waals surface area contributed by atoms with Crippen LogP contribution in [-0.2, 0) is 0 Å². The van der Waals surface area contributed by atoms with Crippen LogP contribution in [0.1, 0.15) is 89.8 Å². The molecular formula is C56H47N. The lowest BCUT2D eigenvalue weighted by molar-refractivity contribution is 0.650. The third-order valence-corrected chi connectivity index (χ3v) is 12.5. The van der Waals surface area contributed by atoms with Crippen molar-refractivity contribution >= 4 is 5.57 Å². The molecule has 3 unspecified atom stereocenters. The number of nitrogens with zero attached hydrogens (tertiary/aromatic N) is 1. The maximum atomic E-state index is 9.64. The van der Waals surface area contributed by atoms with Crippen molar-refractivity contribution in [3.63, 3.8) is 0 Å². The molecule has 7 aromatic rings. The van der Waals surface area contributed by atoms with Crippen molar-refractivity contribution in [1.29, 1.82) is 5.26 Å². The zero-order valence-corrected chi connectivity index (χ0v) is 33.0. The second kappa shape index (κ2) is 15.6. The third-order valence-electron chi connectivity index (χ3n) is 12.5. The molecule has 0 spiro atoms. The Balaban J connectivity index is 1.04. The Morgan fingerprint density at radius 2 is 1.23 bits per heavy atom. The van der Waals surface area contributed by atoms with E-state index < -0.39 is 0 Å². The van der Waals surface area contributed by atoms with E-state index >= 15 is 0 Å². The zero-order chi connectivity index (χ0) is 38.9. The molecule has 1 nitrogen and oxygen atoms in total. The van der Waals surface area contributed by atoms with E-state index in [0.717, 1.165) is 24.8 Å². The number of allylic oxidation sites excluding steroid dienone is 4. The number of hydrogen-bond acceptors (Lipinski definition) is 1. The van der Waals surface area contributed by atoms with Gasteiger partial charge >= 0.3 is 0 Å². The molecule has 0 aromatic heterocycles. The van der Waals surface area contributed by atoms with Crippen molar-refractivity contribution in [3.05, 3.63) is 220 Å². The Morgan fingerprint density at radius 1 is 0.596 bits per heavy atom. The van der Waals surface area contributed by atoms with Gasteiger partial charge in [-0.1, -0.05) is 171 Å². The fourth-order valence-corrected chi connectivity index (χ4v) is 9.57. The largest absolute Gasteiger partial charge is 0.192 e. The first-order valence-electron chi connectivity index (χ1n) is 20.5. The number of benzene rings is 7. The van der Waals surface area contributed by atoms with Gasteiger partial charge in [-0.15, -0.1) is 0 Å². The summed E-state index contributed by atoms with van der Waals surface area (Å²) < 4.78 is 0. The van der Waals surface area contributed by atoms with Crippen LogP contribution in [-0.4, -0.2) is 0 Å². The Morgan fingerprint density at radius 3 is 1.95 bits per heavy atom. The summed E-state index contributed by atoms with van der Waals surface area (Å²) in [5.41, 5.74) is 21.6. The van der Waals surface area contributed by atoms with Crippen molar-refractivity contribution in [2.45, 2.75) is 57.8 Å². The average Bonchev–Trinajstić information content (AvgIpc) is 3.28. The normalized spacial score (nSPS) is 16.4. The molecule has 7 aromatic carbocycles. The SMILES string of the molecule is CCC(C1=C(c2cc(-c3ccc4c(c3)-c3ccccc3C(c3ccc(-c5ccc(-c6ccccc6)cc5)cc3)C4C)ccc2C)C=CCC1)c1cccc(C#N)c1. The van der Waals surface area contributed by atoms with Gasteiger partial charge in [-0.3, -0.25) is 0 Å². The standard InChI is InChI=1S/C56H47N/c1-4-48(47-16-12-13-39(33-47)36-57)50-17-8-9-18-51(50)54-34-45(22-21-37(54)2)46-31-32-49-38(3)56(53-20-11-10-19-52(53)55(49)35-46)44-29-27-43(28-30-44)42-25-23-41(24-26-42)40-14-6-5-7-15-40/h5-7,9-16,18-35,38,48,56H,4,8,17H2,1-3H3. The molecule has 57 heavy (non-hydrogen) atoms. The van der Waals surface area contributed by atoms with Crippen molar-refractivity contribution in [2.24, 2.45) is 0 Å². The first kappa shape index (κ1) is 36.2. The van der Waals surface area contributed by atoms with Crippen LogP contribution in [0.5, 0.6) is 0 Å². The molecule has 0 fully saturated rings. The van der Waals surface area contributed by atoms with E-state index in [4.69, 9.17) is 0 Å². The molecule has 0 saturated heterocycles. The second-order valence-electron chi connectivity index (χ2n) is 15.8. The molecule has 0 heterocycles. The van der Waals surface area contributed by atoms with Crippen molar-refractivity contribution in [3.8, 4) is 50.6 Å². The topological polar surface area (TPSA) is 23.8 Å². The predicted molar refractivity (Wildman–Crippen MR) is 239 cm³/mol. The molecule has 3 atom stereocenters. The van der Waals surface area contributed by atoms with Crippen molar-refractivity contribution in [2.75, 3.05) is 0 Å². The van der Waals surface area contributed by atoms with E-state index in [0.29, 0.717) is 5.92 Å². The summed E-state index contributed by atoms with van der Waals surface area (Å²) in [6.45, 7) is 6.91. The maximum absolute atomic E-state index is 9.64. The zero-order valence-electron chi connectivity index (χ0n) is 33.0. The molecule has 2 aliphatic carbocycles. The van der Waals surface area contributed by atoms with Gasteiger partial charge in [-0.05, 0) is 140 Å². The first-order valence-corrected chi connectivity index (χ1v) is 20.5. The molecule has 2 aliphatic rings. The van der Waals surface area contributed by atoms with Crippen LogP contribution in [0, 0.1) is 18.3 Å². The highest BCUT2D eigenvalue weighted by atomic mass is 14.4. The highest BCUT2D eigenvalue weighted by Crippen LogP contribution is 2.51. The minimum absolute atomic E-state index is 0.267. The van der Waals surface area contributed by atoms with Crippen molar-refractivity contribution < 1.29 is 0 Å². The molecule has 1 heteroatoms. The maximum Gasteiger partial charge on any atom is 0.0991 e. The molecule has 0 radical (unpaired) electrons. The second-order valence-corrected chi connectivity index (χ2v) is 15.8. The third kappa shape index (κ3) is 6.87. The van der Waals surface area contributed by atoms with Gasteiger partial charge in [0.1, 0.15) is 0 Å². The number of rotatable bonds is 8. The van der Waals surface area contributed by atoms with Gasteiger partial charge in [-0.2, -0.15) is 5.26 Å². The number of nitriles is 1. The Labute approximate surface area is 338 Å². The van der Waals surface area contributed by atoms with E-state index in [9.17, 15) is 5.26 Å². The molecule has 9 rings (SSSR count). The monoisotopic (exact) mass is 733 g/mol. The van der Waals surface area contributed by atoms with E-state index in [1.807, 2.05) is 12.1 Å². The summed E-state index contributed by atoms with van der Waals surface area (Å²) in [5.74, 6) is 0.863. The van der Waals surface area contributed by atoms with E-state index in [2.05, 4.69) is 191 Å². The minimum atomic E-state index is 0.267. The van der Waals surface area contributed by atoms with Gasteiger partial charge in [0, 0.05) is 11.8 Å². The van der Waals surface area contributed by atoms with Gasteiger partial charge in [0.05, 0.1) is 11.6 Å². The van der Waals surface area contributed by atoms with E-state index in [1.165, 1.54) is 89.0 Å².